The molecule has 2 aromatic rings. The Morgan fingerprint density at radius 3 is 2.40 bits per heavy atom. The van der Waals surface area contributed by atoms with Crippen molar-refractivity contribution in [2.24, 2.45) is 0 Å². The largest absolute Gasteiger partial charge is 0.309 e. The molecule has 0 amide bonds. The lowest BCUT2D eigenvalue weighted by Gasteiger charge is -2.20. The molecule has 1 atom stereocenters. The Morgan fingerprint density at radius 1 is 1.05 bits per heavy atom. The molecule has 2 aromatic carbocycles. The Balaban J connectivity index is 2.59. The summed E-state index contributed by atoms with van der Waals surface area (Å²) in [6.45, 7) is 0. The van der Waals surface area contributed by atoms with E-state index in [1.54, 1.807) is 37.4 Å². The fraction of sp³-hybridized carbons (Fsp3) is 0.143. The van der Waals surface area contributed by atoms with Crippen LogP contribution in [0.15, 0.2) is 34.8 Å². The molecule has 0 saturated heterocycles. The summed E-state index contributed by atoms with van der Waals surface area (Å²) in [5.74, 6) is -0.489. The molecule has 0 radical (unpaired) electrons. The average Bonchev–Trinajstić information content (AvgIpc) is 2.44. The summed E-state index contributed by atoms with van der Waals surface area (Å²) in [5.41, 5.74) is 1.10. The summed E-state index contributed by atoms with van der Waals surface area (Å²) >= 11 is 21.3. The fourth-order valence-corrected chi connectivity index (χ4v) is 2.88. The van der Waals surface area contributed by atoms with E-state index in [0.717, 1.165) is 0 Å². The van der Waals surface area contributed by atoms with Gasteiger partial charge in [0.2, 0.25) is 0 Å². The highest BCUT2D eigenvalue weighted by Crippen LogP contribution is 2.37. The predicted octanol–water partition coefficient (Wildman–Crippen LogP) is 5.86. The lowest BCUT2D eigenvalue weighted by Crippen LogP contribution is -2.19. The van der Waals surface area contributed by atoms with Crippen LogP contribution in [0.1, 0.15) is 17.2 Å². The van der Waals surface area contributed by atoms with Gasteiger partial charge in [-0.2, -0.15) is 0 Å². The van der Waals surface area contributed by atoms with Crippen LogP contribution in [-0.4, -0.2) is 7.05 Å². The monoisotopic (exact) mass is 395 g/mol. The first kappa shape index (κ1) is 16.1. The quantitative estimate of drug-likeness (QED) is 0.640. The molecule has 0 heterocycles. The minimum absolute atomic E-state index is 0.0425. The van der Waals surface area contributed by atoms with Crippen molar-refractivity contribution in [2.75, 3.05) is 7.05 Å². The van der Waals surface area contributed by atoms with E-state index in [0.29, 0.717) is 25.6 Å². The summed E-state index contributed by atoms with van der Waals surface area (Å²) in [6.07, 6.45) is 0. The molecule has 1 unspecified atom stereocenters. The molecule has 0 fully saturated rings. The van der Waals surface area contributed by atoms with Gasteiger partial charge < -0.3 is 5.32 Å². The molecule has 0 aliphatic heterocycles. The molecule has 0 bridgehead atoms. The van der Waals surface area contributed by atoms with E-state index in [1.165, 1.54) is 0 Å². The zero-order chi connectivity index (χ0) is 14.9. The Labute approximate surface area is 140 Å². The van der Waals surface area contributed by atoms with Crippen LogP contribution in [0, 0.1) is 5.82 Å². The van der Waals surface area contributed by atoms with Gasteiger partial charge in [-0.15, -0.1) is 0 Å². The van der Waals surface area contributed by atoms with Crippen molar-refractivity contribution in [1.82, 2.24) is 5.32 Å². The Bertz CT molecular complexity index is 649. The average molecular weight is 398 g/mol. The number of nitrogens with one attached hydrogen (secondary N) is 1. The third-order valence-electron chi connectivity index (χ3n) is 2.96. The molecule has 0 aliphatic carbocycles. The van der Waals surface area contributed by atoms with Gasteiger partial charge in [0, 0.05) is 10.0 Å². The summed E-state index contributed by atoms with van der Waals surface area (Å²) in [7, 11) is 1.72. The summed E-state index contributed by atoms with van der Waals surface area (Å²) in [4.78, 5) is 0. The minimum Gasteiger partial charge on any atom is -0.309 e. The Morgan fingerprint density at radius 2 is 1.75 bits per heavy atom. The molecule has 1 nitrogen and oxygen atoms in total. The van der Waals surface area contributed by atoms with E-state index in [9.17, 15) is 4.39 Å². The van der Waals surface area contributed by atoms with Gasteiger partial charge in [0.15, 0.2) is 0 Å². The minimum atomic E-state index is -0.489. The van der Waals surface area contributed by atoms with Gasteiger partial charge in [0.25, 0.3) is 0 Å². The van der Waals surface area contributed by atoms with Crippen LogP contribution in [0.25, 0.3) is 0 Å². The number of rotatable bonds is 3. The summed E-state index contributed by atoms with van der Waals surface area (Å²) in [6, 6.07) is 8.17. The normalized spacial score (nSPS) is 12.5. The van der Waals surface area contributed by atoms with Crippen molar-refractivity contribution in [3.05, 3.63) is 66.8 Å². The molecule has 6 heteroatoms. The molecule has 0 aliphatic rings. The predicted molar refractivity (Wildman–Crippen MR) is 86.5 cm³/mol. The van der Waals surface area contributed by atoms with Crippen LogP contribution in [-0.2, 0) is 0 Å². The Kier molecular flexibility index (Phi) is 5.32. The molecule has 1 N–H and O–H groups in total. The summed E-state index contributed by atoms with van der Waals surface area (Å²) in [5, 5.41) is 3.90. The van der Waals surface area contributed by atoms with E-state index in [4.69, 9.17) is 34.8 Å². The number of benzene rings is 2. The second kappa shape index (κ2) is 6.63. The van der Waals surface area contributed by atoms with Crippen LogP contribution in [0.2, 0.25) is 15.1 Å². The van der Waals surface area contributed by atoms with E-state index >= 15 is 0 Å². The molecule has 106 valence electrons. The second-order valence-corrected chi connectivity index (χ2v) is 6.15. The Hall–Kier alpha value is -0.320. The van der Waals surface area contributed by atoms with Crippen LogP contribution < -0.4 is 5.32 Å². The molecule has 2 rings (SSSR count). The van der Waals surface area contributed by atoms with E-state index in [2.05, 4.69) is 21.2 Å². The van der Waals surface area contributed by atoms with Gasteiger partial charge >= 0.3 is 0 Å². The third kappa shape index (κ3) is 2.97. The van der Waals surface area contributed by atoms with Crippen molar-refractivity contribution >= 4 is 50.7 Å². The van der Waals surface area contributed by atoms with Crippen molar-refractivity contribution in [1.29, 1.82) is 0 Å². The fourth-order valence-electron chi connectivity index (χ4n) is 1.99. The van der Waals surface area contributed by atoms with Gasteiger partial charge in [-0.25, -0.2) is 4.39 Å². The maximum absolute atomic E-state index is 14.3. The highest BCUT2D eigenvalue weighted by molar-refractivity contribution is 9.10. The zero-order valence-corrected chi connectivity index (χ0v) is 14.2. The molecule has 20 heavy (non-hydrogen) atoms. The SMILES string of the molecule is CNC(c1ccc(Br)c(Cl)c1F)c1cccc(Cl)c1Cl. The first-order valence-electron chi connectivity index (χ1n) is 5.72. The van der Waals surface area contributed by atoms with Gasteiger partial charge in [-0.05, 0) is 40.7 Å². The second-order valence-electron chi connectivity index (χ2n) is 4.13. The highest BCUT2D eigenvalue weighted by Gasteiger charge is 2.22. The molecular weight excluding hydrogens is 387 g/mol. The summed E-state index contributed by atoms with van der Waals surface area (Å²) < 4.78 is 14.8. The van der Waals surface area contributed by atoms with E-state index in [-0.39, 0.29) is 5.02 Å². The molecule has 0 spiro atoms. The van der Waals surface area contributed by atoms with Gasteiger partial charge in [0.1, 0.15) is 5.82 Å². The van der Waals surface area contributed by atoms with Crippen LogP contribution >= 0.6 is 50.7 Å². The lowest BCUT2D eigenvalue weighted by atomic mass is 9.98. The topological polar surface area (TPSA) is 12.0 Å². The highest BCUT2D eigenvalue weighted by atomic mass is 79.9. The lowest BCUT2D eigenvalue weighted by molar-refractivity contribution is 0.576. The van der Waals surface area contributed by atoms with Crippen molar-refractivity contribution in [3.8, 4) is 0 Å². The van der Waals surface area contributed by atoms with Crippen molar-refractivity contribution < 1.29 is 4.39 Å². The van der Waals surface area contributed by atoms with Crippen LogP contribution in [0.5, 0.6) is 0 Å². The standard InChI is InChI=1S/C14H10BrCl3FN/c1-20-14(7-3-2-4-10(16)11(7)17)8-5-6-9(15)12(18)13(8)19/h2-6,14,20H,1H3. The zero-order valence-electron chi connectivity index (χ0n) is 10.4. The maximum Gasteiger partial charge on any atom is 0.148 e. The van der Waals surface area contributed by atoms with Crippen molar-refractivity contribution in [2.45, 2.75) is 6.04 Å². The van der Waals surface area contributed by atoms with Gasteiger partial charge in [0.05, 0.1) is 21.1 Å². The van der Waals surface area contributed by atoms with E-state index in [1.807, 2.05) is 0 Å². The smallest absolute Gasteiger partial charge is 0.148 e. The first-order chi connectivity index (χ1) is 9.47. The van der Waals surface area contributed by atoms with Crippen LogP contribution in [0.4, 0.5) is 4.39 Å². The molecule has 0 saturated carbocycles. The number of halogens is 5. The van der Waals surface area contributed by atoms with E-state index < -0.39 is 11.9 Å². The van der Waals surface area contributed by atoms with Crippen molar-refractivity contribution in [3.63, 3.8) is 0 Å². The molecule has 0 aromatic heterocycles. The molecular formula is C14H10BrCl3FN. The van der Waals surface area contributed by atoms with Crippen LogP contribution in [0.3, 0.4) is 0 Å². The third-order valence-corrected chi connectivity index (χ3v) is 5.05. The van der Waals surface area contributed by atoms with Gasteiger partial charge in [-0.1, -0.05) is 53.0 Å². The number of hydrogen-bond acceptors (Lipinski definition) is 1. The first-order valence-corrected chi connectivity index (χ1v) is 7.64. The number of hydrogen-bond donors (Lipinski definition) is 1. The maximum atomic E-state index is 14.3. The van der Waals surface area contributed by atoms with Gasteiger partial charge in [-0.3, -0.25) is 0 Å².